The third-order valence-electron chi connectivity index (χ3n) is 4.37. The summed E-state index contributed by atoms with van der Waals surface area (Å²) in [5, 5.41) is 5.22. The minimum atomic E-state index is -0.820. The van der Waals surface area contributed by atoms with Gasteiger partial charge in [-0.25, -0.2) is 4.79 Å². The number of carbonyl (C=O) groups excluding carboxylic acids is 4. The van der Waals surface area contributed by atoms with Crippen molar-refractivity contribution in [1.82, 2.24) is 15.5 Å². The van der Waals surface area contributed by atoms with Crippen molar-refractivity contribution in [3.63, 3.8) is 0 Å². The van der Waals surface area contributed by atoms with Gasteiger partial charge >= 0.3 is 6.09 Å². The van der Waals surface area contributed by atoms with Gasteiger partial charge in [0.1, 0.15) is 12.1 Å². The van der Waals surface area contributed by atoms with E-state index in [9.17, 15) is 19.2 Å². The number of rotatable bonds is 8. The summed E-state index contributed by atoms with van der Waals surface area (Å²) in [6, 6.07) is -1.13. The van der Waals surface area contributed by atoms with Crippen molar-refractivity contribution in [3.05, 3.63) is 0 Å². The average Bonchev–Trinajstić information content (AvgIpc) is 2.58. The third-order valence-corrected chi connectivity index (χ3v) is 4.64. The number of Topliss-reactive ketones (excluding diaryl/α,β-unsaturated/α-hetero) is 1. The molecule has 0 radical (unpaired) electrons. The number of halogens is 1. The topological polar surface area (TPSA) is 105 Å². The van der Waals surface area contributed by atoms with Crippen LogP contribution in [0.1, 0.15) is 53.9 Å². The molecular formula is C19H32ClN3O5. The SMILES string of the molecule is CC(C)N(C(=O)CNC(=O)OC(C)(C)C)[C@@H](C[C@@H]1CCCNC1=O)C(=O)CCl. The Morgan fingerprint density at radius 3 is 2.46 bits per heavy atom. The fraction of sp³-hybridized carbons (Fsp3) is 0.789. The van der Waals surface area contributed by atoms with E-state index in [4.69, 9.17) is 16.3 Å². The Kier molecular flexibility index (Phi) is 9.20. The maximum absolute atomic E-state index is 12.8. The van der Waals surface area contributed by atoms with E-state index in [1.165, 1.54) is 4.90 Å². The molecule has 1 fully saturated rings. The second kappa shape index (κ2) is 10.6. The highest BCUT2D eigenvalue weighted by Gasteiger charge is 2.36. The Bertz CT molecular complexity index is 589. The lowest BCUT2D eigenvalue weighted by Crippen LogP contribution is -2.54. The first-order valence-electron chi connectivity index (χ1n) is 9.60. The molecule has 3 amide bonds. The predicted molar refractivity (Wildman–Crippen MR) is 106 cm³/mol. The van der Waals surface area contributed by atoms with Gasteiger partial charge in [-0.2, -0.15) is 0 Å². The van der Waals surface area contributed by atoms with Crippen molar-refractivity contribution < 1.29 is 23.9 Å². The van der Waals surface area contributed by atoms with Crippen LogP contribution in [-0.2, 0) is 19.1 Å². The largest absolute Gasteiger partial charge is 0.444 e. The molecule has 1 aliphatic rings. The highest BCUT2D eigenvalue weighted by atomic mass is 35.5. The number of carbonyl (C=O) groups is 4. The molecule has 0 spiro atoms. The Hall–Kier alpha value is -1.83. The van der Waals surface area contributed by atoms with Crippen LogP contribution in [0.2, 0.25) is 0 Å². The first-order chi connectivity index (χ1) is 13.0. The second-order valence-corrected chi connectivity index (χ2v) is 8.50. The zero-order chi connectivity index (χ0) is 21.5. The van der Waals surface area contributed by atoms with Crippen LogP contribution in [-0.4, -0.2) is 65.2 Å². The maximum Gasteiger partial charge on any atom is 0.408 e. The standard InChI is InChI=1S/C19H32ClN3O5/c1-12(2)23(16(25)11-22-18(27)28-19(3,4)5)14(15(24)10-20)9-13-7-6-8-21-17(13)26/h12-14H,6-11H2,1-5H3,(H,21,26)(H,22,27)/t13-,14-/m0/s1. The number of nitrogens with zero attached hydrogens (tertiary/aromatic N) is 1. The normalized spacial score (nSPS) is 18.2. The number of piperidine rings is 1. The minimum Gasteiger partial charge on any atom is -0.444 e. The van der Waals surface area contributed by atoms with Crippen molar-refractivity contribution >= 4 is 35.3 Å². The molecule has 0 aromatic rings. The monoisotopic (exact) mass is 417 g/mol. The van der Waals surface area contributed by atoms with Crippen LogP contribution in [0.5, 0.6) is 0 Å². The molecule has 0 saturated carbocycles. The van der Waals surface area contributed by atoms with E-state index < -0.39 is 23.6 Å². The van der Waals surface area contributed by atoms with Crippen LogP contribution >= 0.6 is 11.6 Å². The first-order valence-corrected chi connectivity index (χ1v) is 10.1. The van der Waals surface area contributed by atoms with Crippen molar-refractivity contribution in [3.8, 4) is 0 Å². The molecule has 160 valence electrons. The van der Waals surface area contributed by atoms with Crippen LogP contribution in [0.4, 0.5) is 4.79 Å². The number of nitrogens with one attached hydrogen (secondary N) is 2. The van der Waals surface area contributed by atoms with Crippen molar-refractivity contribution in [2.75, 3.05) is 19.0 Å². The second-order valence-electron chi connectivity index (χ2n) is 8.23. The molecule has 1 aliphatic heterocycles. The number of ketones is 1. The lowest BCUT2D eigenvalue weighted by Gasteiger charge is -2.36. The van der Waals surface area contributed by atoms with Gasteiger partial charge < -0.3 is 20.3 Å². The summed E-state index contributed by atoms with van der Waals surface area (Å²) in [5.74, 6) is -1.46. The van der Waals surface area contributed by atoms with E-state index in [0.29, 0.717) is 13.0 Å². The molecule has 28 heavy (non-hydrogen) atoms. The average molecular weight is 418 g/mol. The van der Waals surface area contributed by atoms with Crippen molar-refractivity contribution in [2.45, 2.75) is 71.6 Å². The smallest absolute Gasteiger partial charge is 0.408 e. The summed E-state index contributed by atoms with van der Waals surface area (Å²) >= 11 is 5.78. The molecule has 1 heterocycles. The predicted octanol–water partition coefficient (Wildman–Crippen LogP) is 1.84. The van der Waals surface area contributed by atoms with Crippen LogP contribution in [0.25, 0.3) is 0 Å². The molecule has 9 heteroatoms. The Labute approximate surface area is 171 Å². The van der Waals surface area contributed by atoms with Gasteiger partial charge in [0.25, 0.3) is 0 Å². The summed E-state index contributed by atoms with van der Waals surface area (Å²) < 4.78 is 5.13. The van der Waals surface area contributed by atoms with Gasteiger partial charge in [0.2, 0.25) is 11.8 Å². The number of amides is 3. The minimum absolute atomic E-state index is 0.110. The number of alkyl halides is 1. The van der Waals surface area contributed by atoms with Crippen LogP contribution in [0, 0.1) is 5.92 Å². The quantitative estimate of drug-likeness (QED) is 0.586. The van der Waals surface area contributed by atoms with Gasteiger partial charge in [-0.15, -0.1) is 11.6 Å². The number of ether oxygens (including phenoxy) is 1. The van der Waals surface area contributed by atoms with Gasteiger partial charge in [0, 0.05) is 18.5 Å². The fourth-order valence-electron chi connectivity index (χ4n) is 3.19. The third kappa shape index (κ3) is 7.66. The van der Waals surface area contributed by atoms with Crippen molar-refractivity contribution in [1.29, 1.82) is 0 Å². The molecule has 0 unspecified atom stereocenters. The summed E-state index contributed by atoms with van der Waals surface area (Å²) in [6.07, 6.45) is 0.993. The van der Waals surface area contributed by atoms with Gasteiger partial charge in [0.05, 0.1) is 11.9 Å². The highest BCUT2D eigenvalue weighted by Crippen LogP contribution is 2.23. The van der Waals surface area contributed by atoms with Gasteiger partial charge in [-0.3, -0.25) is 14.4 Å². The lowest BCUT2D eigenvalue weighted by atomic mass is 9.89. The Balaban J connectivity index is 2.89. The van der Waals surface area contributed by atoms with E-state index >= 15 is 0 Å². The molecule has 0 aliphatic carbocycles. The first kappa shape index (κ1) is 24.2. The zero-order valence-electron chi connectivity index (χ0n) is 17.3. The van der Waals surface area contributed by atoms with Gasteiger partial charge in [0.15, 0.2) is 5.78 Å². The zero-order valence-corrected chi connectivity index (χ0v) is 18.1. The molecule has 0 bridgehead atoms. The van der Waals surface area contributed by atoms with E-state index in [-0.39, 0.29) is 42.5 Å². The molecular weight excluding hydrogens is 386 g/mol. The van der Waals surface area contributed by atoms with Crippen LogP contribution in [0.3, 0.4) is 0 Å². The fourth-order valence-corrected chi connectivity index (χ4v) is 3.37. The summed E-state index contributed by atoms with van der Waals surface area (Å²) in [6.45, 7) is 9.03. The maximum atomic E-state index is 12.8. The number of alkyl carbamates (subject to hydrolysis) is 1. The molecule has 2 N–H and O–H groups in total. The highest BCUT2D eigenvalue weighted by molar-refractivity contribution is 6.28. The van der Waals surface area contributed by atoms with E-state index in [0.717, 1.165) is 6.42 Å². The Morgan fingerprint density at radius 2 is 1.96 bits per heavy atom. The van der Waals surface area contributed by atoms with E-state index in [2.05, 4.69) is 10.6 Å². The van der Waals surface area contributed by atoms with Gasteiger partial charge in [-0.1, -0.05) is 0 Å². The van der Waals surface area contributed by atoms with E-state index in [1.54, 1.807) is 34.6 Å². The van der Waals surface area contributed by atoms with Crippen LogP contribution < -0.4 is 10.6 Å². The van der Waals surface area contributed by atoms with Gasteiger partial charge in [-0.05, 0) is 53.9 Å². The molecule has 2 atom stereocenters. The molecule has 0 aromatic heterocycles. The lowest BCUT2D eigenvalue weighted by molar-refractivity contribution is -0.142. The van der Waals surface area contributed by atoms with E-state index in [1.807, 2.05) is 0 Å². The molecule has 0 aromatic carbocycles. The number of hydrogen-bond donors (Lipinski definition) is 2. The summed E-state index contributed by atoms with van der Waals surface area (Å²) in [7, 11) is 0. The number of hydrogen-bond acceptors (Lipinski definition) is 5. The molecule has 8 nitrogen and oxygen atoms in total. The van der Waals surface area contributed by atoms with Crippen molar-refractivity contribution in [2.24, 2.45) is 5.92 Å². The Morgan fingerprint density at radius 1 is 1.32 bits per heavy atom. The molecule has 1 rings (SSSR count). The summed E-state index contributed by atoms with van der Waals surface area (Å²) in [5.41, 5.74) is -0.684. The summed E-state index contributed by atoms with van der Waals surface area (Å²) in [4.78, 5) is 50.7. The van der Waals surface area contributed by atoms with Crippen LogP contribution in [0.15, 0.2) is 0 Å². The molecule has 1 saturated heterocycles.